The van der Waals surface area contributed by atoms with Crippen molar-refractivity contribution in [3.63, 3.8) is 0 Å². The van der Waals surface area contributed by atoms with Crippen LogP contribution < -0.4 is 0 Å². The first-order valence-electron chi connectivity index (χ1n) is 8.27. The van der Waals surface area contributed by atoms with Gasteiger partial charge in [0.1, 0.15) is 0 Å². The Kier molecular flexibility index (Phi) is 2.54. The van der Waals surface area contributed by atoms with Gasteiger partial charge in [-0.3, -0.25) is 4.90 Å². The lowest BCUT2D eigenvalue weighted by Crippen LogP contribution is -2.45. The number of allylic oxidation sites excluding steroid dienone is 9. The molecule has 0 N–H and O–H groups in total. The van der Waals surface area contributed by atoms with Crippen LogP contribution in [0.4, 0.5) is 0 Å². The van der Waals surface area contributed by atoms with Crippen LogP contribution in [0.3, 0.4) is 0 Å². The Bertz CT molecular complexity index is 655. The summed E-state index contributed by atoms with van der Waals surface area (Å²) in [6, 6.07) is 0.686. The van der Waals surface area contributed by atoms with E-state index >= 15 is 0 Å². The topological polar surface area (TPSA) is 3.24 Å². The van der Waals surface area contributed by atoms with E-state index in [2.05, 4.69) is 59.6 Å². The summed E-state index contributed by atoms with van der Waals surface area (Å²) >= 11 is 0. The second-order valence-electron chi connectivity index (χ2n) is 6.91. The van der Waals surface area contributed by atoms with Crippen LogP contribution in [0.1, 0.15) is 12.8 Å². The summed E-state index contributed by atoms with van der Waals surface area (Å²) in [4.78, 5) is 2.65. The summed E-state index contributed by atoms with van der Waals surface area (Å²) in [6.45, 7) is 2.32. The quantitative estimate of drug-likeness (QED) is 0.608. The fourth-order valence-electron chi connectivity index (χ4n) is 5.01. The molecule has 0 saturated carbocycles. The van der Waals surface area contributed by atoms with Gasteiger partial charge in [-0.25, -0.2) is 0 Å². The van der Waals surface area contributed by atoms with E-state index in [9.17, 15) is 0 Å². The molecule has 0 radical (unpaired) electrons. The lowest BCUT2D eigenvalue weighted by Gasteiger charge is -2.48. The molecule has 0 amide bonds. The van der Waals surface area contributed by atoms with Crippen molar-refractivity contribution in [2.45, 2.75) is 18.9 Å². The normalized spacial score (nSPS) is 39.7. The van der Waals surface area contributed by atoms with E-state index < -0.39 is 0 Å². The fourth-order valence-corrected chi connectivity index (χ4v) is 5.01. The Labute approximate surface area is 126 Å². The van der Waals surface area contributed by atoms with Gasteiger partial charge in [0, 0.05) is 25.0 Å². The van der Waals surface area contributed by atoms with Gasteiger partial charge < -0.3 is 0 Å². The average Bonchev–Trinajstić information content (AvgIpc) is 3.01. The number of rotatable bonds is 0. The largest absolute Gasteiger partial charge is 0.289 e. The van der Waals surface area contributed by atoms with Crippen molar-refractivity contribution in [1.29, 1.82) is 0 Å². The van der Waals surface area contributed by atoms with E-state index in [0.29, 0.717) is 12.0 Å². The smallest absolute Gasteiger partial charge is 0.0291 e. The summed E-state index contributed by atoms with van der Waals surface area (Å²) in [5, 5.41) is 0. The predicted molar refractivity (Wildman–Crippen MR) is 86.7 cm³/mol. The highest BCUT2D eigenvalue weighted by atomic mass is 15.2. The molecule has 21 heavy (non-hydrogen) atoms. The SMILES string of the molecule is C1=CCC2C(=C1)C1C=CC=CC1=C1CN3CC=CC3CC12. The van der Waals surface area contributed by atoms with Crippen molar-refractivity contribution in [3.8, 4) is 0 Å². The Morgan fingerprint density at radius 2 is 2.00 bits per heavy atom. The van der Waals surface area contributed by atoms with Crippen LogP contribution in [0, 0.1) is 17.8 Å². The maximum Gasteiger partial charge on any atom is 0.0291 e. The zero-order chi connectivity index (χ0) is 13.8. The first-order valence-corrected chi connectivity index (χ1v) is 8.27. The minimum atomic E-state index is 0.545. The Morgan fingerprint density at radius 1 is 1.00 bits per heavy atom. The molecule has 5 aliphatic rings. The summed E-state index contributed by atoms with van der Waals surface area (Å²) in [7, 11) is 0. The molecule has 0 aromatic heterocycles. The molecule has 0 spiro atoms. The number of fused-ring (bicyclic) bond motifs is 6. The van der Waals surface area contributed by atoms with Crippen LogP contribution in [0.2, 0.25) is 0 Å². The first kappa shape index (κ1) is 12.0. The highest BCUT2D eigenvalue weighted by Gasteiger charge is 2.43. The van der Waals surface area contributed by atoms with Crippen LogP contribution in [-0.4, -0.2) is 24.0 Å². The monoisotopic (exact) mass is 275 g/mol. The van der Waals surface area contributed by atoms with Gasteiger partial charge in [0.25, 0.3) is 0 Å². The van der Waals surface area contributed by atoms with Crippen LogP contribution >= 0.6 is 0 Å². The molecule has 2 heterocycles. The first-order chi connectivity index (χ1) is 10.4. The Morgan fingerprint density at radius 3 is 3.00 bits per heavy atom. The molecule has 106 valence electrons. The van der Waals surface area contributed by atoms with Crippen LogP contribution in [0.5, 0.6) is 0 Å². The van der Waals surface area contributed by atoms with E-state index in [0.717, 1.165) is 18.4 Å². The lowest BCUT2D eigenvalue weighted by atomic mass is 9.61. The Hall–Kier alpha value is -1.60. The zero-order valence-electron chi connectivity index (χ0n) is 12.3. The maximum absolute atomic E-state index is 2.65. The van der Waals surface area contributed by atoms with Crippen molar-refractivity contribution in [2.75, 3.05) is 13.1 Å². The fraction of sp³-hybridized carbons (Fsp3) is 0.400. The summed E-state index contributed by atoms with van der Waals surface area (Å²) in [5.74, 6) is 2.04. The van der Waals surface area contributed by atoms with Crippen LogP contribution in [-0.2, 0) is 0 Å². The number of hydrogen-bond acceptors (Lipinski definition) is 1. The van der Waals surface area contributed by atoms with Crippen molar-refractivity contribution in [1.82, 2.24) is 4.90 Å². The number of piperidine rings is 1. The third-order valence-corrected chi connectivity index (χ3v) is 5.97. The second-order valence-corrected chi connectivity index (χ2v) is 6.91. The molecule has 0 aromatic rings. The van der Waals surface area contributed by atoms with Crippen molar-refractivity contribution >= 4 is 0 Å². The molecule has 3 aliphatic carbocycles. The Balaban J connectivity index is 1.65. The lowest BCUT2D eigenvalue weighted by molar-refractivity contribution is 0.182. The highest BCUT2D eigenvalue weighted by Crippen LogP contribution is 2.51. The minimum Gasteiger partial charge on any atom is -0.289 e. The molecular weight excluding hydrogens is 254 g/mol. The summed E-state index contributed by atoms with van der Waals surface area (Å²) < 4.78 is 0. The van der Waals surface area contributed by atoms with E-state index in [1.165, 1.54) is 19.4 Å². The van der Waals surface area contributed by atoms with Gasteiger partial charge in [0.05, 0.1) is 0 Å². The van der Waals surface area contributed by atoms with Crippen molar-refractivity contribution in [2.24, 2.45) is 17.8 Å². The van der Waals surface area contributed by atoms with Gasteiger partial charge in [-0.05, 0) is 35.8 Å². The molecular formula is C20H21N. The third-order valence-electron chi connectivity index (χ3n) is 5.97. The molecule has 1 heteroatoms. The maximum atomic E-state index is 2.65. The minimum absolute atomic E-state index is 0.545. The number of nitrogens with zero attached hydrogens (tertiary/aromatic N) is 1. The third kappa shape index (κ3) is 1.67. The van der Waals surface area contributed by atoms with Gasteiger partial charge in [-0.2, -0.15) is 0 Å². The molecule has 4 atom stereocenters. The van der Waals surface area contributed by atoms with E-state index in [-0.39, 0.29) is 0 Å². The summed E-state index contributed by atoms with van der Waals surface area (Å²) in [6.07, 6.45) is 23.6. The van der Waals surface area contributed by atoms with Gasteiger partial charge >= 0.3 is 0 Å². The zero-order valence-corrected chi connectivity index (χ0v) is 12.3. The molecule has 0 bridgehead atoms. The molecule has 5 rings (SSSR count). The van der Waals surface area contributed by atoms with Crippen LogP contribution in [0.25, 0.3) is 0 Å². The van der Waals surface area contributed by atoms with E-state index in [1.54, 1.807) is 16.7 Å². The average molecular weight is 275 g/mol. The number of hydrogen-bond donors (Lipinski definition) is 0. The molecule has 1 nitrogen and oxygen atoms in total. The highest BCUT2D eigenvalue weighted by molar-refractivity contribution is 5.51. The molecule has 1 fully saturated rings. The van der Waals surface area contributed by atoms with Crippen molar-refractivity contribution in [3.05, 3.63) is 71.4 Å². The van der Waals surface area contributed by atoms with Gasteiger partial charge in [0.15, 0.2) is 0 Å². The van der Waals surface area contributed by atoms with Gasteiger partial charge in [-0.1, -0.05) is 60.3 Å². The van der Waals surface area contributed by atoms with E-state index in [4.69, 9.17) is 0 Å². The standard InChI is InChI=1S/C20H21N/c1-3-9-17-15(7-1)16-8-2-4-10-18(16)20-13-21-11-5-6-14(21)12-19(17)20/h1-8,10,14,16-17,19H,9,11-13H2. The van der Waals surface area contributed by atoms with Crippen LogP contribution in [0.15, 0.2) is 71.4 Å². The predicted octanol–water partition coefficient (Wildman–Crippen LogP) is 3.80. The van der Waals surface area contributed by atoms with Gasteiger partial charge in [-0.15, -0.1) is 0 Å². The summed E-state index contributed by atoms with van der Waals surface area (Å²) in [5.41, 5.74) is 5.00. The van der Waals surface area contributed by atoms with E-state index in [1.807, 2.05) is 0 Å². The molecule has 0 aromatic carbocycles. The molecule has 1 saturated heterocycles. The van der Waals surface area contributed by atoms with Crippen molar-refractivity contribution < 1.29 is 0 Å². The molecule has 4 unspecified atom stereocenters. The van der Waals surface area contributed by atoms with Gasteiger partial charge in [0.2, 0.25) is 0 Å². The molecule has 2 aliphatic heterocycles. The second kappa shape index (κ2) is 4.45.